The average Bonchev–Trinajstić information content (AvgIpc) is 2.35. The van der Waals surface area contributed by atoms with E-state index in [0.717, 1.165) is 12.3 Å². The fourth-order valence-corrected chi connectivity index (χ4v) is 1.49. The molecule has 1 heterocycles. The van der Waals surface area contributed by atoms with Crippen LogP contribution in [-0.4, -0.2) is 16.9 Å². The third kappa shape index (κ3) is 2.15. The lowest BCUT2D eigenvalue weighted by Gasteiger charge is -2.05. The summed E-state index contributed by atoms with van der Waals surface area (Å²) in [5.74, 6) is -1.95. The maximum Gasteiger partial charge on any atom is 0.454 e. The van der Waals surface area contributed by atoms with E-state index in [4.69, 9.17) is 5.26 Å². The second-order valence-corrected chi connectivity index (χ2v) is 3.57. The van der Waals surface area contributed by atoms with Crippen LogP contribution in [0.1, 0.15) is 15.9 Å². The monoisotopic (exact) mass is 250 g/mol. The van der Waals surface area contributed by atoms with Gasteiger partial charge < -0.3 is 0 Å². The Morgan fingerprint density at radius 2 is 2.00 bits per heavy atom. The van der Waals surface area contributed by atoms with Crippen LogP contribution in [0, 0.1) is 11.3 Å². The molecular weight excluding hydrogens is 245 g/mol. The summed E-state index contributed by atoms with van der Waals surface area (Å²) in [6.07, 6.45) is -4.05. The molecule has 0 fully saturated rings. The van der Waals surface area contributed by atoms with Crippen molar-refractivity contribution in [3.8, 4) is 6.07 Å². The van der Waals surface area contributed by atoms with Gasteiger partial charge in [-0.25, -0.2) is 0 Å². The van der Waals surface area contributed by atoms with Gasteiger partial charge in [-0.05, 0) is 24.3 Å². The van der Waals surface area contributed by atoms with Crippen molar-refractivity contribution in [2.75, 3.05) is 0 Å². The Bertz CT molecular complexity index is 671. The number of ketones is 1. The summed E-state index contributed by atoms with van der Waals surface area (Å²) in [4.78, 5) is 14.8. The molecule has 6 heteroatoms. The number of carbonyl (C=O) groups excluding carboxylic acids is 1. The Balaban J connectivity index is 2.56. The van der Waals surface area contributed by atoms with Crippen LogP contribution < -0.4 is 0 Å². The van der Waals surface area contributed by atoms with Crippen LogP contribution in [0.3, 0.4) is 0 Å². The second kappa shape index (κ2) is 4.11. The number of pyridine rings is 1. The van der Waals surface area contributed by atoms with Crippen molar-refractivity contribution in [3.05, 3.63) is 41.6 Å². The van der Waals surface area contributed by atoms with E-state index >= 15 is 0 Å². The largest absolute Gasteiger partial charge is 0.454 e. The van der Waals surface area contributed by atoms with Gasteiger partial charge in [0.05, 0.1) is 17.1 Å². The van der Waals surface area contributed by atoms with E-state index in [9.17, 15) is 18.0 Å². The summed E-state index contributed by atoms with van der Waals surface area (Å²) in [5.41, 5.74) is 0.179. The predicted molar refractivity (Wildman–Crippen MR) is 56.8 cm³/mol. The summed E-state index contributed by atoms with van der Waals surface area (Å²) in [6, 6.07) is 7.34. The molecule has 3 nitrogen and oxygen atoms in total. The van der Waals surface area contributed by atoms with Gasteiger partial charge >= 0.3 is 6.18 Å². The zero-order valence-electron chi connectivity index (χ0n) is 8.82. The first-order chi connectivity index (χ1) is 8.41. The molecular formula is C12H5F3N2O. The zero-order chi connectivity index (χ0) is 13.3. The van der Waals surface area contributed by atoms with Crippen LogP contribution in [0.15, 0.2) is 30.5 Å². The lowest BCUT2D eigenvalue weighted by Crippen LogP contribution is -2.22. The molecule has 0 saturated heterocycles. The third-order valence-electron chi connectivity index (χ3n) is 2.33. The van der Waals surface area contributed by atoms with Gasteiger partial charge in [-0.15, -0.1) is 0 Å². The molecule has 0 aliphatic rings. The molecule has 1 aromatic carbocycles. The first-order valence-corrected chi connectivity index (χ1v) is 4.83. The number of halogens is 3. The summed E-state index contributed by atoms with van der Waals surface area (Å²) in [5, 5.41) is 9.01. The maximum atomic E-state index is 12.3. The van der Waals surface area contributed by atoms with Crippen molar-refractivity contribution in [1.82, 2.24) is 4.98 Å². The van der Waals surface area contributed by atoms with Crippen LogP contribution in [0.25, 0.3) is 10.9 Å². The van der Waals surface area contributed by atoms with Crippen molar-refractivity contribution >= 4 is 16.7 Å². The topological polar surface area (TPSA) is 53.8 Å². The van der Waals surface area contributed by atoms with E-state index in [2.05, 4.69) is 4.98 Å². The molecule has 0 saturated carbocycles. The van der Waals surface area contributed by atoms with Crippen LogP contribution in [0.5, 0.6) is 0 Å². The minimum Gasteiger partial charge on any atom is -0.284 e. The van der Waals surface area contributed by atoms with Gasteiger partial charge in [0.15, 0.2) is 0 Å². The van der Waals surface area contributed by atoms with Crippen molar-refractivity contribution in [2.24, 2.45) is 0 Å². The van der Waals surface area contributed by atoms with Gasteiger partial charge in [0.2, 0.25) is 0 Å². The van der Waals surface area contributed by atoms with Crippen LogP contribution >= 0.6 is 0 Å². The van der Waals surface area contributed by atoms with Crippen molar-refractivity contribution in [3.63, 3.8) is 0 Å². The highest BCUT2D eigenvalue weighted by molar-refractivity contribution is 6.02. The van der Waals surface area contributed by atoms with E-state index in [-0.39, 0.29) is 0 Å². The quantitative estimate of drug-likeness (QED) is 0.731. The molecule has 2 rings (SSSR count). The molecule has 0 aliphatic heterocycles. The van der Waals surface area contributed by atoms with Crippen LogP contribution in [0.4, 0.5) is 13.2 Å². The van der Waals surface area contributed by atoms with Crippen molar-refractivity contribution in [1.29, 1.82) is 5.26 Å². The number of fused-ring (bicyclic) bond motifs is 1. The Morgan fingerprint density at radius 3 is 2.61 bits per heavy atom. The molecule has 1 aromatic heterocycles. The molecule has 2 aromatic rings. The van der Waals surface area contributed by atoms with Gasteiger partial charge in [-0.2, -0.15) is 18.4 Å². The van der Waals surface area contributed by atoms with E-state index in [0.29, 0.717) is 16.5 Å². The van der Waals surface area contributed by atoms with Crippen LogP contribution in [0.2, 0.25) is 0 Å². The highest BCUT2D eigenvalue weighted by Crippen LogP contribution is 2.23. The highest BCUT2D eigenvalue weighted by atomic mass is 19.4. The molecule has 0 atom stereocenters. The zero-order valence-corrected chi connectivity index (χ0v) is 8.82. The van der Waals surface area contributed by atoms with E-state index < -0.39 is 17.5 Å². The Kier molecular flexibility index (Phi) is 2.75. The molecule has 0 aliphatic carbocycles. The fourth-order valence-electron chi connectivity index (χ4n) is 1.49. The number of hydrogen-bond acceptors (Lipinski definition) is 3. The molecule has 18 heavy (non-hydrogen) atoms. The Labute approximate surface area is 99.5 Å². The molecule has 90 valence electrons. The number of alkyl halides is 3. The van der Waals surface area contributed by atoms with Crippen LogP contribution in [-0.2, 0) is 0 Å². The number of Topliss-reactive ketones (excluding diaryl/α,β-unsaturated/α-hetero) is 1. The number of nitriles is 1. The lowest BCUT2D eigenvalue weighted by atomic mass is 10.1. The molecule has 0 amide bonds. The summed E-state index contributed by atoms with van der Waals surface area (Å²) < 4.78 is 36.8. The first-order valence-electron chi connectivity index (χ1n) is 4.83. The van der Waals surface area contributed by atoms with Gasteiger partial charge in [-0.1, -0.05) is 0 Å². The van der Waals surface area contributed by atoms with Gasteiger partial charge in [0, 0.05) is 17.1 Å². The van der Waals surface area contributed by atoms with Gasteiger partial charge in [-0.3, -0.25) is 9.78 Å². The number of rotatable bonds is 1. The van der Waals surface area contributed by atoms with Crippen molar-refractivity contribution in [2.45, 2.75) is 6.18 Å². The SMILES string of the molecule is N#Cc1ccc2ncc(C(=O)C(F)(F)F)cc2c1. The number of hydrogen-bond donors (Lipinski definition) is 0. The Morgan fingerprint density at radius 1 is 1.28 bits per heavy atom. The van der Waals surface area contributed by atoms with Gasteiger partial charge in [0.1, 0.15) is 0 Å². The molecule has 0 unspecified atom stereocenters. The average molecular weight is 250 g/mol. The highest BCUT2D eigenvalue weighted by Gasteiger charge is 2.39. The summed E-state index contributed by atoms with van der Waals surface area (Å²) in [6.45, 7) is 0. The summed E-state index contributed by atoms with van der Waals surface area (Å²) >= 11 is 0. The third-order valence-corrected chi connectivity index (χ3v) is 2.33. The minimum absolute atomic E-state index is 0.293. The number of nitrogens with zero attached hydrogens (tertiary/aromatic N) is 2. The maximum absolute atomic E-state index is 12.3. The second-order valence-electron chi connectivity index (χ2n) is 3.57. The summed E-state index contributed by atoms with van der Waals surface area (Å²) in [7, 11) is 0. The standard InChI is InChI=1S/C12H5F3N2O/c13-12(14,15)11(18)9-4-8-3-7(5-16)1-2-10(8)17-6-9/h1-4,6H. The minimum atomic E-state index is -4.93. The number of benzene rings is 1. The van der Waals surface area contributed by atoms with Gasteiger partial charge in [0.25, 0.3) is 5.78 Å². The normalized spacial score (nSPS) is 11.2. The Hall–Kier alpha value is -2.42. The molecule has 0 radical (unpaired) electrons. The fraction of sp³-hybridized carbons (Fsp3) is 0.0833. The van der Waals surface area contributed by atoms with E-state index in [1.54, 1.807) is 0 Å². The number of aromatic nitrogens is 1. The molecule has 0 bridgehead atoms. The smallest absolute Gasteiger partial charge is 0.284 e. The van der Waals surface area contributed by atoms with E-state index in [1.165, 1.54) is 18.2 Å². The predicted octanol–water partition coefficient (Wildman–Crippen LogP) is 2.85. The van der Waals surface area contributed by atoms with E-state index in [1.807, 2.05) is 6.07 Å². The first kappa shape index (κ1) is 12.0. The van der Waals surface area contributed by atoms with Crippen molar-refractivity contribution < 1.29 is 18.0 Å². The number of carbonyl (C=O) groups is 1. The molecule has 0 spiro atoms. The lowest BCUT2D eigenvalue weighted by molar-refractivity contribution is -0.0885. The molecule has 0 N–H and O–H groups in total.